The van der Waals surface area contributed by atoms with Crippen LogP contribution in [0.4, 0.5) is 26.2 Å². The van der Waals surface area contributed by atoms with Gasteiger partial charge in [-0.1, -0.05) is 0 Å². The van der Waals surface area contributed by atoms with Crippen LogP contribution >= 0.6 is 0 Å². The molecule has 1 atom stereocenters. The SMILES string of the molecule is CC(=O)NC[C@H]1CN(c2ccc(N3CCN(c4cncc(C)c4)CC3)c(F)c2)C(=O)O1. The number of pyridine rings is 1. The summed E-state index contributed by atoms with van der Waals surface area (Å²) in [5, 5.41) is 2.63. The van der Waals surface area contributed by atoms with Crippen LogP contribution in [-0.2, 0) is 9.53 Å². The zero-order valence-corrected chi connectivity index (χ0v) is 17.7. The summed E-state index contributed by atoms with van der Waals surface area (Å²) in [6.45, 7) is 6.84. The third-order valence-corrected chi connectivity index (χ3v) is 5.54. The van der Waals surface area contributed by atoms with Crippen molar-refractivity contribution in [1.29, 1.82) is 0 Å². The van der Waals surface area contributed by atoms with E-state index >= 15 is 0 Å². The fourth-order valence-electron chi connectivity index (χ4n) is 3.93. The Morgan fingerprint density at radius 2 is 1.90 bits per heavy atom. The van der Waals surface area contributed by atoms with Crippen LogP contribution in [-0.4, -0.2) is 62.4 Å². The highest BCUT2D eigenvalue weighted by molar-refractivity contribution is 5.90. The van der Waals surface area contributed by atoms with Gasteiger partial charge in [-0.25, -0.2) is 9.18 Å². The quantitative estimate of drug-likeness (QED) is 0.789. The molecule has 0 bridgehead atoms. The van der Waals surface area contributed by atoms with Crippen LogP contribution in [0.5, 0.6) is 0 Å². The van der Waals surface area contributed by atoms with Crippen molar-refractivity contribution in [3.05, 3.63) is 48.0 Å². The van der Waals surface area contributed by atoms with E-state index in [1.54, 1.807) is 12.1 Å². The first kappa shape index (κ1) is 20.9. The highest BCUT2D eigenvalue weighted by Gasteiger charge is 2.33. The highest BCUT2D eigenvalue weighted by Crippen LogP contribution is 2.29. The lowest BCUT2D eigenvalue weighted by molar-refractivity contribution is -0.119. The number of benzene rings is 1. The van der Waals surface area contributed by atoms with Gasteiger partial charge in [-0.3, -0.25) is 14.7 Å². The Balaban J connectivity index is 1.39. The number of halogens is 1. The molecule has 2 saturated heterocycles. The molecule has 3 heterocycles. The maximum Gasteiger partial charge on any atom is 0.414 e. The predicted molar refractivity (Wildman–Crippen MR) is 116 cm³/mol. The van der Waals surface area contributed by atoms with Crippen molar-refractivity contribution in [2.24, 2.45) is 0 Å². The fraction of sp³-hybridized carbons (Fsp3) is 0.409. The average molecular weight is 427 g/mol. The summed E-state index contributed by atoms with van der Waals surface area (Å²) in [6.07, 6.45) is 2.69. The van der Waals surface area contributed by atoms with Gasteiger partial charge in [0.1, 0.15) is 11.9 Å². The van der Waals surface area contributed by atoms with Crippen LogP contribution in [0.25, 0.3) is 0 Å². The van der Waals surface area contributed by atoms with Crippen molar-refractivity contribution in [2.45, 2.75) is 20.0 Å². The van der Waals surface area contributed by atoms with E-state index in [9.17, 15) is 14.0 Å². The number of aromatic nitrogens is 1. The Labute approximate surface area is 180 Å². The van der Waals surface area contributed by atoms with E-state index in [0.29, 0.717) is 24.5 Å². The van der Waals surface area contributed by atoms with Gasteiger partial charge in [-0.05, 0) is 36.8 Å². The summed E-state index contributed by atoms with van der Waals surface area (Å²) in [5.41, 5.74) is 3.16. The van der Waals surface area contributed by atoms with Gasteiger partial charge in [0.2, 0.25) is 5.91 Å². The van der Waals surface area contributed by atoms with Crippen molar-refractivity contribution in [3.8, 4) is 0 Å². The number of nitrogens with one attached hydrogen (secondary N) is 1. The Morgan fingerprint density at radius 1 is 1.16 bits per heavy atom. The molecule has 2 aliphatic rings. The highest BCUT2D eigenvalue weighted by atomic mass is 19.1. The third-order valence-electron chi connectivity index (χ3n) is 5.54. The molecule has 8 nitrogen and oxygen atoms in total. The molecule has 2 aromatic rings. The van der Waals surface area contributed by atoms with E-state index in [-0.39, 0.29) is 24.8 Å². The Morgan fingerprint density at radius 3 is 2.58 bits per heavy atom. The molecule has 4 rings (SSSR count). The van der Waals surface area contributed by atoms with Crippen LogP contribution < -0.4 is 20.0 Å². The summed E-state index contributed by atoms with van der Waals surface area (Å²) in [4.78, 5) is 33.1. The third kappa shape index (κ3) is 4.70. The number of aryl methyl sites for hydroxylation is 1. The topological polar surface area (TPSA) is 78.0 Å². The zero-order chi connectivity index (χ0) is 22.0. The lowest BCUT2D eigenvalue weighted by atomic mass is 10.2. The number of carbonyl (C=O) groups is 2. The summed E-state index contributed by atoms with van der Waals surface area (Å²) in [5.74, 6) is -0.565. The van der Waals surface area contributed by atoms with Crippen LogP contribution in [0.2, 0.25) is 0 Å². The van der Waals surface area contributed by atoms with E-state index in [1.807, 2.05) is 24.2 Å². The molecule has 1 aromatic heterocycles. The molecule has 9 heteroatoms. The van der Waals surface area contributed by atoms with E-state index in [0.717, 1.165) is 24.3 Å². The lowest BCUT2D eigenvalue weighted by Crippen LogP contribution is -2.46. The number of hydrogen-bond donors (Lipinski definition) is 1. The Kier molecular flexibility index (Phi) is 5.92. The van der Waals surface area contributed by atoms with Crippen molar-refractivity contribution >= 4 is 29.1 Å². The normalized spacial score (nSPS) is 18.9. The summed E-state index contributed by atoms with van der Waals surface area (Å²) in [6, 6.07) is 6.92. The Bertz CT molecular complexity index is 977. The number of anilines is 3. The molecule has 0 saturated carbocycles. The maximum atomic E-state index is 14.9. The molecule has 31 heavy (non-hydrogen) atoms. The number of piperazine rings is 1. The molecule has 0 radical (unpaired) electrons. The number of amides is 2. The number of cyclic esters (lactones) is 1. The molecule has 1 aromatic carbocycles. The van der Waals surface area contributed by atoms with Crippen LogP contribution in [0.1, 0.15) is 12.5 Å². The van der Waals surface area contributed by atoms with Gasteiger partial charge in [0, 0.05) is 39.3 Å². The monoisotopic (exact) mass is 427 g/mol. The summed E-state index contributed by atoms with van der Waals surface area (Å²) >= 11 is 0. The molecule has 164 valence electrons. The van der Waals surface area contributed by atoms with Crippen molar-refractivity contribution in [2.75, 3.05) is 54.0 Å². The first-order valence-electron chi connectivity index (χ1n) is 10.3. The maximum absolute atomic E-state index is 14.9. The van der Waals surface area contributed by atoms with Gasteiger partial charge in [-0.2, -0.15) is 0 Å². The minimum absolute atomic E-state index is 0.191. The van der Waals surface area contributed by atoms with Gasteiger partial charge < -0.3 is 19.9 Å². The molecule has 0 spiro atoms. The molecule has 0 aliphatic carbocycles. The van der Waals surface area contributed by atoms with Crippen molar-refractivity contribution < 1.29 is 18.7 Å². The van der Waals surface area contributed by atoms with Crippen molar-refractivity contribution in [3.63, 3.8) is 0 Å². The Hall–Kier alpha value is -3.36. The zero-order valence-electron chi connectivity index (χ0n) is 17.7. The van der Waals surface area contributed by atoms with Gasteiger partial charge in [0.15, 0.2) is 0 Å². The molecule has 2 fully saturated rings. The minimum Gasteiger partial charge on any atom is -0.442 e. The second-order valence-corrected chi connectivity index (χ2v) is 7.88. The molecular formula is C22H26FN5O3. The van der Waals surface area contributed by atoms with E-state index in [1.165, 1.54) is 17.9 Å². The number of nitrogens with zero attached hydrogens (tertiary/aromatic N) is 4. The van der Waals surface area contributed by atoms with Crippen LogP contribution in [0.3, 0.4) is 0 Å². The van der Waals surface area contributed by atoms with E-state index in [4.69, 9.17) is 4.74 Å². The standard InChI is InChI=1S/C22H26FN5O3/c1-15-9-18(12-24-11-15)26-5-7-27(8-6-26)21-4-3-17(10-20(21)23)28-14-19(31-22(28)30)13-25-16(2)29/h3-4,9-12,19H,5-8,13-14H2,1-2H3,(H,25,29)/t19-/m0/s1. The van der Waals surface area contributed by atoms with Crippen molar-refractivity contribution in [1.82, 2.24) is 10.3 Å². The average Bonchev–Trinajstić information content (AvgIpc) is 3.13. The number of hydrogen-bond acceptors (Lipinski definition) is 6. The first-order valence-corrected chi connectivity index (χ1v) is 10.3. The summed E-state index contributed by atoms with van der Waals surface area (Å²) < 4.78 is 20.2. The number of carbonyl (C=O) groups excluding carboxylic acids is 2. The smallest absolute Gasteiger partial charge is 0.414 e. The summed E-state index contributed by atoms with van der Waals surface area (Å²) in [7, 11) is 0. The van der Waals surface area contributed by atoms with Gasteiger partial charge >= 0.3 is 6.09 Å². The number of rotatable bonds is 5. The largest absolute Gasteiger partial charge is 0.442 e. The van der Waals surface area contributed by atoms with Gasteiger partial charge in [0.05, 0.1) is 36.3 Å². The first-order chi connectivity index (χ1) is 14.9. The molecule has 2 aliphatic heterocycles. The molecule has 0 unspecified atom stereocenters. The minimum atomic E-state index is -0.539. The predicted octanol–water partition coefficient (Wildman–Crippen LogP) is 2.32. The van der Waals surface area contributed by atoms with E-state index < -0.39 is 12.2 Å². The molecule has 2 amide bonds. The van der Waals surface area contributed by atoms with Crippen LogP contribution in [0, 0.1) is 12.7 Å². The fourth-order valence-corrected chi connectivity index (χ4v) is 3.93. The lowest BCUT2D eigenvalue weighted by Gasteiger charge is -2.37. The number of ether oxygens (including phenoxy) is 1. The second kappa shape index (κ2) is 8.79. The molecule has 1 N–H and O–H groups in total. The van der Waals surface area contributed by atoms with Crippen LogP contribution in [0.15, 0.2) is 36.7 Å². The van der Waals surface area contributed by atoms with E-state index in [2.05, 4.69) is 21.3 Å². The second-order valence-electron chi connectivity index (χ2n) is 7.88. The molecular weight excluding hydrogens is 401 g/mol. The van der Waals surface area contributed by atoms with Gasteiger partial charge in [0.25, 0.3) is 0 Å². The van der Waals surface area contributed by atoms with Gasteiger partial charge in [-0.15, -0.1) is 0 Å².